The molecule has 36 heavy (non-hydrogen) atoms. The van der Waals surface area contributed by atoms with Crippen LogP contribution in [0.15, 0.2) is 36.4 Å². The summed E-state index contributed by atoms with van der Waals surface area (Å²) in [6.45, 7) is 4.43. The van der Waals surface area contributed by atoms with E-state index in [0.717, 1.165) is 19.1 Å². The van der Waals surface area contributed by atoms with E-state index in [0.29, 0.717) is 29.1 Å². The number of halogens is 3. The molecule has 0 aromatic heterocycles. The van der Waals surface area contributed by atoms with Gasteiger partial charge < -0.3 is 14.8 Å². The van der Waals surface area contributed by atoms with Crippen LogP contribution >= 0.6 is 23.2 Å². The van der Waals surface area contributed by atoms with Gasteiger partial charge in [-0.1, -0.05) is 55.2 Å². The Bertz CT molecular complexity index is 1180. The smallest absolute Gasteiger partial charge is 0.323 e. The van der Waals surface area contributed by atoms with Crippen LogP contribution in [0.1, 0.15) is 56.6 Å². The molecule has 0 amide bonds. The first kappa shape index (κ1) is 26.9. The van der Waals surface area contributed by atoms with Gasteiger partial charge in [0.05, 0.1) is 17.5 Å². The van der Waals surface area contributed by atoms with Crippen molar-refractivity contribution in [2.45, 2.75) is 62.4 Å². The number of methoxy groups -OCH3 is 1. The number of carbonyl (C=O) groups excluding carboxylic acids is 2. The second-order valence-electron chi connectivity index (χ2n) is 10.8. The molecular formula is C28H33Cl2FN2O3. The van der Waals surface area contributed by atoms with Crippen LogP contribution in [-0.4, -0.2) is 49.9 Å². The zero-order valence-corrected chi connectivity index (χ0v) is 22.8. The van der Waals surface area contributed by atoms with Crippen molar-refractivity contribution in [3.63, 3.8) is 0 Å². The first-order valence-corrected chi connectivity index (χ1v) is 12.9. The molecule has 1 aliphatic heterocycles. The standard InChI is InChI=1S/C28H33Cl2FN2O3/c1-26(2)11-13-27(14-12-26)28(16-34,19-10-9-17(29)15-21(19)32-3)22(24(33(27)4)25(35)36-5)18-7-6-8-20(30)23(18)31/h6-10,15-16,22,24,32H,11-14H2,1-5H3/t22-,24+,28+/m0/s1. The van der Waals surface area contributed by atoms with E-state index >= 15 is 4.39 Å². The van der Waals surface area contributed by atoms with E-state index in [-0.39, 0.29) is 16.0 Å². The van der Waals surface area contributed by atoms with Gasteiger partial charge in [-0.15, -0.1) is 0 Å². The minimum atomic E-state index is -1.30. The van der Waals surface area contributed by atoms with Gasteiger partial charge >= 0.3 is 5.97 Å². The first-order valence-electron chi connectivity index (χ1n) is 12.2. The summed E-state index contributed by atoms with van der Waals surface area (Å²) in [5.41, 5.74) is -0.451. The zero-order valence-electron chi connectivity index (χ0n) is 21.3. The Balaban J connectivity index is 2.13. The van der Waals surface area contributed by atoms with Crippen LogP contribution in [-0.2, 0) is 19.7 Å². The van der Waals surface area contributed by atoms with Gasteiger partial charge in [-0.05, 0) is 67.5 Å². The highest BCUT2D eigenvalue weighted by molar-refractivity contribution is 6.31. The fourth-order valence-electron chi connectivity index (χ4n) is 6.77. The minimum absolute atomic E-state index is 0.0609. The number of hydrogen-bond donors (Lipinski definition) is 1. The Hall–Kier alpha value is -2.15. The van der Waals surface area contributed by atoms with Gasteiger partial charge in [0.1, 0.15) is 18.1 Å². The van der Waals surface area contributed by atoms with Crippen molar-refractivity contribution in [1.82, 2.24) is 4.90 Å². The summed E-state index contributed by atoms with van der Waals surface area (Å²) < 4.78 is 21.0. The Morgan fingerprint density at radius 1 is 1.17 bits per heavy atom. The molecule has 1 heterocycles. The number of aldehydes is 1. The van der Waals surface area contributed by atoms with Gasteiger partial charge in [0.15, 0.2) is 0 Å². The highest BCUT2D eigenvalue weighted by Gasteiger charge is 2.71. The Kier molecular flexibility index (Phi) is 7.19. The van der Waals surface area contributed by atoms with E-state index in [1.165, 1.54) is 13.2 Å². The van der Waals surface area contributed by atoms with Crippen LogP contribution < -0.4 is 5.32 Å². The summed E-state index contributed by atoms with van der Waals surface area (Å²) in [6, 6.07) is 9.16. The number of ether oxygens (including phenoxy) is 1. The molecule has 2 fully saturated rings. The molecule has 5 nitrogen and oxygen atoms in total. The monoisotopic (exact) mass is 534 g/mol. The number of nitrogens with zero attached hydrogens (tertiary/aromatic N) is 1. The minimum Gasteiger partial charge on any atom is -0.468 e. The average molecular weight is 535 g/mol. The lowest BCUT2D eigenvalue weighted by molar-refractivity contribution is -0.147. The topological polar surface area (TPSA) is 58.6 Å². The number of rotatable bonds is 5. The molecule has 8 heteroatoms. The Morgan fingerprint density at radius 2 is 1.83 bits per heavy atom. The molecule has 2 aliphatic rings. The molecule has 1 saturated heterocycles. The quantitative estimate of drug-likeness (QED) is 0.364. The average Bonchev–Trinajstić information content (AvgIpc) is 3.07. The third-order valence-corrected chi connectivity index (χ3v) is 9.27. The van der Waals surface area contributed by atoms with E-state index < -0.39 is 34.7 Å². The number of nitrogens with one attached hydrogen (secondary N) is 1. The maximum atomic E-state index is 15.8. The first-order chi connectivity index (χ1) is 17.0. The van der Waals surface area contributed by atoms with Crippen LogP contribution in [0.2, 0.25) is 10.0 Å². The molecule has 3 atom stereocenters. The maximum absolute atomic E-state index is 15.8. The van der Waals surface area contributed by atoms with Crippen LogP contribution in [0.4, 0.5) is 10.1 Å². The number of anilines is 1. The van der Waals surface area contributed by atoms with Crippen molar-refractivity contribution in [3.05, 3.63) is 63.4 Å². The molecule has 194 valence electrons. The number of benzene rings is 2. The molecule has 2 aromatic rings. The highest BCUT2D eigenvalue weighted by atomic mass is 35.5. The lowest BCUT2D eigenvalue weighted by Gasteiger charge is -2.53. The molecular weight excluding hydrogens is 502 g/mol. The molecule has 0 unspecified atom stereocenters. The lowest BCUT2D eigenvalue weighted by atomic mass is 9.53. The van der Waals surface area contributed by atoms with Gasteiger partial charge in [0.25, 0.3) is 0 Å². The second-order valence-corrected chi connectivity index (χ2v) is 11.7. The maximum Gasteiger partial charge on any atom is 0.323 e. The predicted molar refractivity (Wildman–Crippen MR) is 141 cm³/mol. The summed E-state index contributed by atoms with van der Waals surface area (Å²) in [6.07, 6.45) is 3.91. The third kappa shape index (κ3) is 3.84. The van der Waals surface area contributed by atoms with Crippen LogP contribution in [0.5, 0.6) is 0 Å². The van der Waals surface area contributed by atoms with Crippen LogP contribution in [0.25, 0.3) is 0 Å². The van der Waals surface area contributed by atoms with Crippen molar-refractivity contribution in [2.24, 2.45) is 5.41 Å². The molecule has 2 aromatic carbocycles. The highest BCUT2D eigenvalue weighted by Crippen LogP contribution is 2.64. The van der Waals surface area contributed by atoms with E-state index in [4.69, 9.17) is 27.9 Å². The van der Waals surface area contributed by atoms with Gasteiger partial charge in [-0.25, -0.2) is 4.39 Å². The molecule has 0 bridgehead atoms. The van der Waals surface area contributed by atoms with Crippen molar-refractivity contribution in [2.75, 3.05) is 26.5 Å². The van der Waals surface area contributed by atoms with E-state index in [2.05, 4.69) is 19.2 Å². The molecule has 1 spiro atoms. The number of carbonyl (C=O) groups is 2. The Morgan fingerprint density at radius 3 is 2.42 bits per heavy atom. The van der Waals surface area contributed by atoms with Gasteiger partial charge in [-0.3, -0.25) is 9.69 Å². The summed E-state index contributed by atoms with van der Waals surface area (Å²) in [5, 5.41) is 3.63. The van der Waals surface area contributed by atoms with E-state index in [1.54, 1.807) is 31.3 Å². The summed E-state index contributed by atoms with van der Waals surface area (Å²) in [5.74, 6) is -2.04. The molecule has 1 saturated carbocycles. The predicted octanol–water partition coefficient (Wildman–Crippen LogP) is 6.22. The van der Waals surface area contributed by atoms with Gasteiger partial charge in [0.2, 0.25) is 0 Å². The van der Waals surface area contributed by atoms with Crippen molar-refractivity contribution in [1.29, 1.82) is 0 Å². The van der Waals surface area contributed by atoms with Crippen LogP contribution in [0, 0.1) is 11.2 Å². The van der Waals surface area contributed by atoms with Crippen molar-refractivity contribution >= 4 is 41.1 Å². The van der Waals surface area contributed by atoms with Crippen molar-refractivity contribution in [3.8, 4) is 0 Å². The van der Waals surface area contributed by atoms with E-state index in [1.807, 2.05) is 18.0 Å². The number of likely N-dealkylation sites (tertiary alicyclic amines) is 1. The fraction of sp³-hybridized carbons (Fsp3) is 0.500. The fourth-order valence-corrected chi connectivity index (χ4v) is 7.12. The molecule has 4 rings (SSSR count). The summed E-state index contributed by atoms with van der Waals surface area (Å²) >= 11 is 12.6. The van der Waals surface area contributed by atoms with Crippen LogP contribution in [0.3, 0.4) is 0 Å². The van der Waals surface area contributed by atoms with Crippen molar-refractivity contribution < 1.29 is 18.7 Å². The SMILES string of the molecule is CNc1cc(Cl)ccc1[C@]1(C=O)[C@@H](c2cccc(Cl)c2F)[C@H](C(=O)OC)N(C)C12CCC(C)(C)CC2. The van der Waals surface area contributed by atoms with Gasteiger partial charge in [0, 0.05) is 29.2 Å². The zero-order chi connectivity index (χ0) is 26.5. The molecule has 1 N–H and O–H groups in total. The Labute approximate surface area is 222 Å². The normalized spacial score (nSPS) is 27.1. The molecule has 1 aliphatic carbocycles. The largest absolute Gasteiger partial charge is 0.468 e. The molecule has 0 radical (unpaired) electrons. The second kappa shape index (κ2) is 9.62. The number of esters is 1. The van der Waals surface area contributed by atoms with E-state index in [9.17, 15) is 9.59 Å². The summed E-state index contributed by atoms with van der Waals surface area (Å²) in [4.78, 5) is 29.1. The van der Waals surface area contributed by atoms with Gasteiger partial charge in [-0.2, -0.15) is 0 Å². The third-order valence-electron chi connectivity index (χ3n) is 8.74. The number of likely N-dealkylation sites (N-methyl/N-ethyl adjacent to an activating group) is 1. The number of hydrogen-bond acceptors (Lipinski definition) is 5. The summed E-state index contributed by atoms with van der Waals surface area (Å²) in [7, 11) is 4.94. The lowest BCUT2D eigenvalue weighted by Crippen LogP contribution is -2.60.